The summed E-state index contributed by atoms with van der Waals surface area (Å²) in [6.07, 6.45) is 1.82. The zero-order chi connectivity index (χ0) is 23.7. The maximum absolute atomic E-state index is 12.7. The Balaban J connectivity index is 1.55. The van der Waals surface area contributed by atoms with Crippen molar-refractivity contribution in [1.82, 2.24) is 25.0 Å². The van der Waals surface area contributed by atoms with Crippen LogP contribution in [0.5, 0.6) is 5.75 Å². The standard InChI is InChI=1S/C24H21N7O3/c1-14-22-18(16-8-5-9-17(10-16)34-13-20(25)32)11-21(33)28-23(22)31(30-14)24-27-19(12-26-29-24)15-6-3-2-4-7-15/h2-10,12,18H,11,13H2,1H3,(H2,25,32)(H,28,33)/t18-/m1/s1. The van der Waals surface area contributed by atoms with Gasteiger partial charge >= 0.3 is 0 Å². The second-order valence-corrected chi connectivity index (χ2v) is 7.90. The van der Waals surface area contributed by atoms with Crippen molar-refractivity contribution < 1.29 is 14.3 Å². The van der Waals surface area contributed by atoms with Crippen molar-refractivity contribution in [2.45, 2.75) is 19.3 Å². The molecule has 4 aromatic rings. The Hall–Kier alpha value is -4.60. The van der Waals surface area contributed by atoms with Crippen LogP contribution >= 0.6 is 0 Å². The summed E-state index contributed by atoms with van der Waals surface area (Å²) in [5.74, 6) is 0.277. The number of carbonyl (C=O) groups excluding carboxylic acids is 2. The fourth-order valence-corrected chi connectivity index (χ4v) is 4.08. The Labute approximate surface area is 194 Å². The lowest BCUT2D eigenvalue weighted by Gasteiger charge is -2.24. The molecule has 10 nitrogen and oxygen atoms in total. The minimum absolute atomic E-state index is 0.158. The molecule has 0 fully saturated rings. The van der Waals surface area contributed by atoms with Crippen LogP contribution in [0.3, 0.4) is 0 Å². The molecule has 0 unspecified atom stereocenters. The zero-order valence-electron chi connectivity index (χ0n) is 18.3. The van der Waals surface area contributed by atoms with Gasteiger partial charge in [-0.05, 0) is 24.6 Å². The number of ether oxygens (including phenoxy) is 1. The molecule has 170 valence electrons. The van der Waals surface area contributed by atoms with E-state index in [0.717, 1.165) is 22.4 Å². The highest BCUT2D eigenvalue weighted by atomic mass is 16.5. The Morgan fingerprint density at radius 2 is 2.03 bits per heavy atom. The zero-order valence-corrected chi connectivity index (χ0v) is 18.3. The number of anilines is 1. The lowest BCUT2D eigenvalue weighted by atomic mass is 9.86. The van der Waals surface area contributed by atoms with Gasteiger partial charge in [0.15, 0.2) is 6.61 Å². The van der Waals surface area contributed by atoms with Gasteiger partial charge in [-0.25, -0.2) is 4.98 Å². The summed E-state index contributed by atoms with van der Waals surface area (Å²) < 4.78 is 6.96. The van der Waals surface area contributed by atoms with Gasteiger partial charge in [-0.3, -0.25) is 9.59 Å². The van der Waals surface area contributed by atoms with E-state index in [9.17, 15) is 9.59 Å². The average Bonchev–Trinajstić information content (AvgIpc) is 3.19. The molecule has 0 aliphatic carbocycles. The van der Waals surface area contributed by atoms with Crippen molar-refractivity contribution in [3.63, 3.8) is 0 Å². The Kier molecular flexibility index (Phi) is 5.46. The minimum Gasteiger partial charge on any atom is -0.484 e. The summed E-state index contributed by atoms with van der Waals surface area (Å²) in [5.41, 5.74) is 9.18. The Morgan fingerprint density at radius 3 is 2.82 bits per heavy atom. The quantitative estimate of drug-likeness (QED) is 0.455. The van der Waals surface area contributed by atoms with E-state index in [-0.39, 0.29) is 30.8 Å². The van der Waals surface area contributed by atoms with E-state index in [1.54, 1.807) is 18.3 Å². The number of nitrogens with one attached hydrogen (secondary N) is 1. The van der Waals surface area contributed by atoms with Crippen LogP contribution in [0, 0.1) is 6.92 Å². The molecule has 10 heteroatoms. The van der Waals surface area contributed by atoms with Gasteiger partial charge in [-0.1, -0.05) is 42.5 Å². The molecule has 3 heterocycles. The van der Waals surface area contributed by atoms with E-state index in [1.807, 2.05) is 49.4 Å². The van der Waals surface area contributed by atoms with Crippen LogP contribution in [-0.2, 0) is 9.59 Å². The van der Waals surface area contributed by atoms with Gasteiger partial charge in [0.25, 0.3) is 11.9 Å². The minimum atomic E-state index is -0.562. The second-order valence-electron chi connectivity index (χ2n) is 7.90. The van der Waals surface area contributed by atoms with Gasteiger partial charge in [0.1, 0.15) is 11.6 Å². The molecule has 1 aliphatic rings. The summed E-state index contributed by atoms with van der Waals surface area (Å²) in [6.45, 7) is 1.65. The predicted molar refractivity (Wildman–Crippen MR) is 123 cm³/mol. The third kappa shape index (κ3) is 4.08. The SMILES string of the molecule is Cc1nn(-c2nncc(-c3ccccc3)n2)c2c1[C@@H](c1cccc(OCC(N)=O)c1)CC(=O)N2. The van der Waals surface area contributed by atoms with Crippen LogP contribution in [0.1, 0.15) is 29.2 Å². The molecule has 5 rings (SSSR count). The van der Waals surface area contributed by atoms with Crippen molar-refractivity contribution in [2.24, 2.45) is 5.73 Å². The number of primary amides is 1. The number of carbonyl (C=O) groups is 2. The molecule has 0 spiro atoms. The highest BCUT2D eigenvalue weighted by Gasteiger charge is 2.33. The van der Waals surface area contributed by atoms with Crippen LogP contribution < -0.4 is 15.8 Å². The van der Waals surface area contributed by atoms with Crippen molar-refractivity contribution in [2.75, 3.05) is 11.9 Å². The lowest BCUT2D eigenvalue weighted by Crippen LogP contribution is -2.25. The highest BCUT2D eigenvalue weighted by Crippen LogP contribution is 2.40. The maximum atomic E-state index is 12.7. The van der Waals surface area contributed by atoms with Gasteiger partial charge in [0.05, 0.1) is 17.6 Å². The number of hydrogen-bond donors (Lipinski definition) is 2. The fraction of sp³-hybridized carbons (Fsp3) is 0.167. The van der Waals surface area contributed by atoms with Crippen molar-refractivity contribution in [3.05, 3.63) is 77.6 Å². The van der Waals surface area contributed by atoms with E-state index in [0.29, 0.717) is 17.3 Å². The summed E-state index contributed by atoms with van der Waals surface area (Å²) in [4.78, 5) is 28.4. The number of nitrogens with zero attached hydrogens (tertiary/aromatic N) is 5. The van der Waals surface area contributed by atoms with E-state index >= 15 is 0 Å². The molecule has 34 heavy (non-hydrogen) atoms. The topological polar surface area (TPSA) is 138 Å². The molecule has 2 aromatic heterocycles. The maximum Gasteiger partial charge on any atom is 0.272 e. The van der Waals surface area contributed by atoms with Crippen LogP contribution in [-0.4, -0.2) is 43.4 Å². The first kappa shape index (κ1) is 21.3. The third-order valence-electron chi connectivity index (χ3n) is 5.55. The number of hydrogen-bond acceptors (Lipinski definition) is 7. The summed E-state index contributed by atoms with van der Waals surface area (Å²) in [7, 11) is 0. The first-order valence-electron chi connectivity index (χ1n) is 10.7. The predicted octanol–water partition coefficient (Wildman–Crippen LogP) is 2.37. The molecule has 0 saturated heterocycles. The number of nitrogens with two attached hydrogens (primary N) is 1. The first-order valence-corrected chi connectivity index (χ1v) is 10.7. The van der Waals surface area contributed by atoms with E-state index in [2.05, 4.69) is 25.6 Å². The fourth-order valence-electron chi connectivity index (χ4n) is 4.08. The summed E-state index contributed by atoms with van der Waals surface area (Å²) >= 11 is 0. The van der Waals surface area contributed by atoms with Crippen LogP contribution in [0.25, 0.3) is 17.2 Å². The van der Waals surface area contributed by atoms with Gasteiger partial charge in [-0.2, -0.15) is 14.9 Å². The van der Waals surface area contributed by atoms with Crippen LogP contribution in [0.4, 0.5) is 5.82 Å². The van der Waals surface area contributed by atoms with E-state index in [4.69, 9.17) is 10.5 Å². The Bertz CT molecular complexity index is 1380. The first-order chi connectivity index (χ1) is 16.5. The van der Waals surface area contributed by atoms with Gasteiger partial charge in [0.2, 0.25) is 5.91 Å². The molecule has 0 radical (unpaired) electrons. The Morgan fingerprint density at radius 1 is 1.21 bits per heavy atom. The van der Waals surface area contributed by atoms with Crippen molar-refractivity contribution in [3.8, 4) is 23.0 Å². The van der Waals surface area contributed by atoms with Crippen LogP contribution in [0.15, 0.2) is 60.8 Å². The molecule has 3 N–H and O–H groups in total. The van der Waals surface area contributed by atoms with Gasteiger partial charge in [0, 0.05) is 23.5 Å². The molecule has 0 saturated carbocycles. The van der Waals surface area contributed by atoms with Crippen LogP contribution in [0.2, 0.25) is 0 Å². The molecule has 2 amide bonds. The van der Waals surface area contributed by atoms with Gasteiger partial charge in [-0.15, -0.1) is 5.10 Å². The smallest absolute Gasteiger partial charge is 0.272 e. The van der Waals surface area contributed by atoms with Gasteiger partial charge < -0.3 is 15.8 Å². The number of rotatable bonds is 6. The molecule has 1 aliphatic heterocycles. The molecule has 1 atom stereocenters. The average molecular weight is 455 g/mol. The number of benzene rings is 2. The third-order valence-corrected chi connectivity index (χ3v) is 5.55. The highest BCUT2D eigenvalue weighted by molar-refractivity contribution is 5.95. The largest absolute Gasteiger partial charge is 0.484 e. The molecule has 0 bridgehead atoms. The number of aromatic nitrogens is 5. The van der Waals surface area contributed by atoms with Crippen molar-refractivity contribution in [1.29, 1.82) is 0 Å². The monoisotopic (exact) mass is 455 g/mol. The van der Waals surface area contributed by atoms with Crippen molar-refractivity contribution >= 4 is 17.6 Å². The normalized spacial score (nSPS) is 14.9. The van der Waals surface area contributed by atoms with E-state index in [1.165, 1.54) is 4.68 Å². The summed E-state index contributed by atoms with van der Waals surface area (Å²) in [5, 5.41) is 15.8. The van der Waals surface area contributed by atoms with E-state index < -0.39 is 5.91 Å². The number of aryl methyl sites for hydroxylation is 1. The molecular formula is C24H21N7O3. The number of fused-ring (bicyclic) bond motifs is 1. The second kappa shape index (κ2) is 8.74. The number of amides is 2. The lowest BCUT2D eigenvalue weighted by molar-refractivity contribution is -0.120. The molecular weight excluding hydrogens is 434 g/mol. The molecule has 2 aromatic carbocycles. The summed E-state index contributed by atoms with van der Waals surface area (Å²) in [6, 6.07) is 16.9.